The highest BCUT2D eigenvalue weighted by molar-refractivity contribution is 14.1. The van der Waals surface area contributed by atoms with Crippen molar-refractivity contribution in [2.45, 2.75) is 38.8 Å². The number of aliphatic hydroxyl groups is 1. The van der Waals surface area contributed by atoms with Gasteiger partial charge in [-0.15, -0.1) is 12.4 Å². The fourth-order valence-electron chi connectivity index (χ4n) is 1.62. The summed E-state index contributed by atoms with van der Waals surface area (Å²) in [6.07, 6.45) is 1.34. The number of benzene rings is 1. The Labute approximate surface area is 124 Å². The van der Waals surface area contributed by atoms with Crippen molar-refractivity contribution in [3.8, 4) is 0 Å². The van der Waals surface area contributed by atoms with Gasteiger partial charge in [-0.1, -0.05) is 26.0 Å². The molecular formula is C13H21ClINO. The fourth-order valence-corrected chi connectivity index (χ4v) is 2.19. The van der Waals surface area contributed by atoms with Crippen molar-refractivity contribution in [3.05, 3.63) is 33.4 Å². The van der Waals surface area contributed by atoms with E-state index >= 15 is 0 Å². The average molecular weight is 370 g/mol. The van der Waals surface area contributed by atoms with Crippen molar-refractivity contribution in [2.75, 3.05) is 0 Å². The molecule has 1 aromatic carbocycles. The smallest absolute Gasteiger partial charge is 0.0732 e. The summed E-state index contributed by atoms with van der Waals surface area (Å²) < 4.78 is 1.15. The van der Waals surface area contributed by atoms with Crippen molar-refractivity contribution >= 4 is 35.0 Å². The van der Waals surface area contributed by atoms with E-state index in [1.807, 2.05) is 24.3 Å². The lowest BCUT2D eigenvalue weighted by molar-refractivity contribution is 0.128. The average Bonchev–Trinajstić information content (AvgIpc) is 2.24. The summed E-state index contributed by atoms with van der Waals surface area (Å²) in [7, 11) is 0. The quantitative estimate of drug-likeness (QED) is 0.780. The largest absolute Gasteiger partial charge is 0.391 e. The molecule has 1 rings (SSSR count). The van der Waals surface area contributed by atoms with Gasteiger partial charge < -0.3 is 10.8 Å². The van der Waals surface area contributed by atoms with Crippen LogP contribution < -0.4 is 5.73 Å². The Morgan fingerprint density at radius 1 is 1.29 bits per heavy atom. The highest BCUT2D eigenvalue weighted by atomic mass is 127. The molecule has 0 radical (unpaired) electrons. The van der Waals surface area contributed by atoms with E-state index in [4.69, 9.17) is 5.73 Å². The monoisotopic (exact) mass is 369 g/mol. The lowest BCUT2D eigenvalue weighted by Gasteiger charge is -2.20. The zero-order chi connectivity index (χ0) is 12.1. The maximum atomic E-state index is 9.98. The van der Waals surface area contributed by atoms with Gasteiger partial charge in [0.1, 0.15) is 0 Å². The Hall–Kier alpha value is 0.160. The molecule has 0 aliphatic rings. The van der Waals surface area contributed by atoms with Crippen molar-refractivity contribution < 1.29 is 5.11 Å². The van der Waals surface area contributed by atoms with Crippen LogP contribution in [0, 0.1) is 9.49 Å². The number of rotatable bonds is 5. The van der Waals surface area contributed by atoms with E-state index in [0.717, 1.165) is 22.0 Å². The summed E-state index contributed by atoms with van der Waals surface area (Å²) >= 11 is 2.26. The predicted molar refractivity (Wildman–Crippen MR) is 83.4 cm³/mol. The van der Waals surface area contributed by atoms with Gasteiger partial charge in [-0.3, -0.25) is 0 Å². The molecule has 17 heavy (non-hydrogen) atoms. The predicted octanol–water partition coefficient (Wildman–Crippen LogP) is 3.51. The van der Waals surface area contributed by atoms with E-state index in [2.05, 4.69) is 36.4 Å². The molecule has 3 N–H and O–H groups in total. The number of hydrogen-bond donors (Lipinski definition) is 2. The van der Waals surface area contributed by atoms with Crippen LogP contribution in [0.5, 0.6) is 0 Å². The maximum Gasteiger partial charge on any atom is 0.0732 e. The molecular weight excluding hydrogens is 349 g/mol. The first-order valence-electron chi connectivity index (χ1n) is 5.70. The molecule has 0 saturated carbocycles. The molecule has 0 heterocycles. The SMILES string of the molecule is CC(C)CC[C@@H](O)[C@@H](N)c1cccc(I)c1.Cl. The second kappa shape index (κ2) is 8.29. The third-order valence-electron chi connectivity index (χ3n) is 2.69. The zero-order valence-electron chi connectivity index (χ0n) is 10.3. The summed E-state index contributed by atoms with van der Waals surface area (Å²) in [6.45, 7) is 4.31. The van der Waals surface area contributed by atoms with Crippen LogP contribution >= 0.6 is 35.0 Å². The van der Waals surface area contributed by atoms with Gasteiger partial charge in [0.25, 0.3) is 0 Å². The van der Waals surface area contributed by atoms with Gasteiger partial charge >= 0.3 is 0 Å². The van der Waals surface area contributed by atoms with E-state index < -0.39 is 6.10 Å². The third-order valence-corrected chi connectivity index (χ3v) is 3.36. The molecule has 0 unspecified atom stereocenters. The number of halogens is 2. The lowest BCUT2D eigenvalue weighted by Crippen LogP contribution is -2.26. The minimum absolute atomic E-state index is 0. The molecule has 0 aromatic heterocycles. The van der Waals surface area contributed by atoms with E-state index in [9.17, 15) is 5.11 Å². The number of nitrogens with two attached hydrogens (primary N) is 1. The first-order valence-corrected chi connectivity index (χ1v) is 6.77. The second-order valence-corrected chi connectivity index (χ2v) is 5.86. The van der Waals surface area contributed by atoms with Crippen LogP contribution in [0.25, 0.3) is 0 Å². The number of aliphatic hydroxyl groups excluding tert-OH is 1. The van der Waals surface area contributed by atoms with E-state index in [1.165, 1.54) is 0 Å². The zero-order valence-corrected chi connectivity index (χ0v) is 13.2. The first-order chi connectivity index (χ1) is 7.50. The molecule has 0 aliphatic heterocycles. The van der Waals surface area contributed by atoms with Gasteiger partial charge in [0.05, 0.1) is 12.1 Å². The lowest BCUT2D eigenvalue weighted by atomic mass is 9.96. The van der Waals surface area contributed by atoms with Crippen molar-refractivity contribution in [1.82, 2.24) is 0 Å². The Morgan fingerprint density at radius 3 is 2.47 bits per heavy atom. The van der Waals surface area contributed by atoms with Crippen molar-refractivity contribution in [3.63, 3.8) is 0 Å². The van der Waals surface area contributed by atoms with Crippen molar-refractivity contribution in [2.24, 2.45) is 11.7 Å². The van der Waals surface area contributed by atoms with Crippen LogP contribution in [-0.4, -0.2) is 11.2 Å². The van der Waals surface area contributed by atoms with Gasteiger partial charge in [0, 0.05) is 3.57 Å². The van der Waals surface area contributed by atoms with E-state index in [-0.39, 0.29) is 18.4 Å². The summed E-state index contributed by atoms with van der Waals surface area (Å²) in [4.78, 5) is 0. The molecule has 0 spiro atoms. The fraction of sp³-hybridized carbons (Fsp3) is 0.538. The second-order valence-electron chi connectivity index (χ2n) is 4.62. The highest BCUT2D eigenvalue weighted by Crippen LogP contribution is 2.20. The molecule has 1 aromatic rings. The van der Waals surface area contributed by atoms with E-state index in [1.54, 1.807) is 0 Å². The Morgan fingerprint density at radius 2 is 1.94 bits per heavy atom. The molecule has 0 amide bonds. The van der Waals surface area contributed by atoms with Crippen LogP contribution in [0.2, 0.25) is 0 Å². The van der Waals surface area contributed by atoms with Gasteiger partial charge in [0.2, 0.25) is 0 Å². The third kappa shape index (κ3) is 6.04. The highest BCUT2D eigenvalue weighted by Gasteiger charge is 2.16. The molecule has 0 fully saturated rings. The van der Waals surface area contributed by atoms with Gasteiger partial charge in [-0.05, 0) is 59.0 Å². The molecule has 98 valence electrons. The van der Waals surface area contributed by atoms with Crippen LogP contribution in [0.4, 0.5) is 0 Å². The Kier molecular flexibility index (Phi) is 8.37. The number of hydrogen-bond acceptors (Lipinski definition) is 2. The molecule has 2 atom stereocenters. The van der Waals surface area contributed by atoms with Gasteiger partial charge in [-0.2, -0.15) is 0 Å². The normalized spacial score (nSPS) is 14.2. The molecule has 4 heteroatoms. The van der Waals surface area contributed by atoms with Crippen LogP contribution in [-0.2, 0) is 0 Å². The first kappa shape index (κ1) is 17.2. The minimum atomic E-state index is -0.444. The van der Waals surface area contributed by atoms with Crippen LogP contribution in [0.15, 0.2) is 24.3 Å². The minimum Gasteiger partial charge on any atom is -0.391 e. The van der Waals surface area contributed by atoms with Gasteiger partial charge in [-0.25, -0.2) is 0 Å². The topological polar surface area (TPSA) is 46.2 Å². The van der Waals surface area contributed by atoms with Gasteiger partial charge in [0.15, 0.2) is 0 Å². The molecule has 2 nitrogen and oxygen atoms in total. The molecule has 0 bridgehead atoms. The summed E-state index contributed by atoms with van der Waals surface area (Å²) in [5.41, 5.74) is 7.06. The van der Waals surface area contributed by atoms with Crippen LogP contribution in [0.1, 0.15) is 38.3 Å². The maximum absolute atomic E-state index is 9.98. The molecule has 0 saturated heterocycles. The van der Waals surface area contributed by atoms with E-state index in [0.29, 0.717) is 5.92 Å². The molecule has 0 aliphatic carbocycles. The Balaban J connectivity index is 0.00000256. The summed E-state index contributed by atoms with van der Waals surface area (Å²) in [5.74, 6) is 0.609. The van der Waals surface area contributed by atoms with Crippen molar-refractivity contribution in [1.29, 1.82) is 0 Å². The summed E-state index contributed by atoms with van der Waals surface area (Å²) in [5, 5.41) is 9.98. The Bertz CT molecular complexity index is 333. The van der Waals surface area contributed by atoms with Crippen LogP contribution in [0.3, 0.4) is 0 Å². The standard InChI is InChI=1S/C13H20INO.ClH/c1-9(2)6-7-12(16)13(15)10-4-3-5-11(14)8-10;/h3-5,8-9,12-13,16H,6-7,15H2,1-2H3;1H/t12-,13+;/m1./s1. The summed E-state index contributed by atoms with van der Waals surface area (Å²) in [6, 6.07) is 7.74.